The molecule has 7 nitrogen and oxygen atoms in total. The Morgan fingerprint density at radius 3 is 2.43 bits per heavy atom. The fourth-order valence-electron chi connectivity index (χ4n) is 4.80. The summed E-state index contributed by atoms with van der Waals surface area (Å²) in [5, 5.41) is 26.9. The second kappa shape index (κ2) is 12.9. The van der Waals surface area contributed by atoms with Gasteiger partial charge in [0.25, 0.3) is 5.91 Å². The summed E-state index contributed by atoms with van der Waals surface area (Å²) in [6.07, 6.45) is 4.17. The highest BCUT2D eigenvalue weighted by Crippen LogP contribution is 2.36. The van der Waals surface area contributed by atoms with Crippen LogP contribution in [0, 0.1) is 11.3 Å². The number of carboxylic acid groups (broad SMARTS) is 1. The lowest BCUT2D eigenvalue weighted by atomic mass is 9.96. The van der Waals surface area contributed by atoms with Gasteiger partial charge in [0.05, 0.1) is 36.0 Å². The predicted octanol–water partition coefficient (Wildman–Crippen LogP) is 7.07. The quantitative estimate of drug-likeness (QED) is 0.215. The molecule has 1 aliphatic carbocycles. The highest BCUT2D eigenvalue weighted by Gasteiger charge is 2.21. The summed E-state index contributed by atoms with van der Waals surface area (Å²) in [6.45, 7) is 0.521. The van der Waals surface area contributed by atoms with Gasteiger partial charge in [-0.1, -0.05) is 77.8 Å². The molecule has 0 aliphatic heterocycles. The van der Waals surface area contributed by atoms with Crippen molar-refractivity contribution in [1.82, 2.24) is 15.1 Å². The van der Waals surface area contributed by atoms with Crippen molar-refractivity contribution in [1.29, 1.82) is 5.26 Å². The number of carbonyl (C=O) groups is 2. The Morgan fingerprint density at radius 1 is 1.00 bits per heavy atom. The van der Waals surface area contributed by atoms with Gasteiger partial charge in [0.15, 0.2) is 0 Å². The Bertz CT molecular complexity index is 1730. The van der Waals surface area contributed by atoms with Crippen molar-refractivity contribution < 1.29 is 14.7 Å². The molecule has 9 heteroatoms. The molecule has 2 N–H and O–H groups in total. The molecule has 0 saturated carbocycles. The van der Waals surface area contributed by atoms with E-state index in [0.717, 1.165) is 33.6 Å². The first-order valence-electron chi connectivity index (χ1n) is 13.3. The van der Waals surface area contributed by atoms with E-state index in [1.807, 2.05) is 65.4 Å². The van der Waals surface area contributed by atoms with Crippen LogP contribution in [0.25, 0.3) is 22.4 Å². The normalized spacial score (nSPS) is 14.5. The number of amides is 1. The molecule has 3 aromatic carbocycles. The Morgan fingerprint density at radius 2 is 1.74 bits per heavy atom. The van der Waals surface area contributed by atoms with E-state index in [1.54, 1.807) is 24.3 Å². The van der Waals surface area contributed by atoms with Crippen molar-refractivity contribution in [2.24, 2.45) is 0 Å². The molecule has 1 aliphatic rings. The zero-order valence-corrected chi connectivity index (χ0v) is 23.9. The van der Waals surface area contributed by atoms with E-state index < -0.39 is 5.97 Å². The van der Waals surface area contributed by atoms with Gasteiger partial charge in [-0.25, -0.2) is 0 Å². The van der Waals surface area contributed by atoms with Crippen LogP contribution in [0.4, 0.5) is 0 Å². The van der Waals surface area contributed by atoms with Crippen molar-refractivity contribution >= 4 is 35.1 Å². The summed E-state index contributed by atoms with van der Waals surface area (Å²) >= 11 is 12.7. The minimum absolute atomic E-state index is 0.0662. The van der Waals surface area contributed by atoms with Crippen molar-refractivity contribution in [2.45, 2.75) is 25.3 Å². The molecule has 1 amide bonds. The molecular formula is C33H26Cl2N4O3. The van der Waals surface area contributed by atoms with Gasteiger partial charge in [-0.2, -0.15) is 10.4 Å². The first-order chi connectivity index (χ1) is 20.3. The third kappa shape index (κ3) is 6.98. The summed E-state index contributed by atoms with van der Waals surface area (Å²) in [6, 6.07) is 27.0. The number of hydrogen-bond donors (Lipinski definition) is 2. The molecule has 0 fully saturated rings. The molecule has 5 rings (SSSR count). The van der Waals surface area contributed by atoms with E-state index in [-0.39, 0.29) is 24.8 Å². The van der Waals surface area contributed by atoms with Crippen LogP contribution < -0.4 is 5.32 Å². The third-order valence-corrected chi connectivity index (χ3v) is 7.43. The zero-order valence-electron chi connectivity index (χ0n) is 22.4. The molecule has 210 valence electrons. The molecule has 1 aromatic heterocycles. The molecule has 0 radical (unpaired) electrons. The van der Waals surface area contributed by atoms with Crippen LogP contribution in [0.15, 0.2) is 101 Å². The Balaban J connectivity index is 1.43. The number of aliphatic carboxylic acids is 1. The van der Waals surface area contributed by atoms with Crippen LogP contribution in [0.3, 0.4) is 0 Å². The number of nitrogens with zero attached hydrogens (tertiary/aromatic N) is 3. The van der Waals surface area contributed by atoms with Gasteiger partial charge < -0.3 is 10.4 Å². The number of carboxylic acids is 1. The number of hydrogen-bond acceptors (Lipinski definition) is 4. The van der Waals surface area contributed by atoms with Crippen molar-refractivity contribution in [3.8, 4) is 28.5 Å². The van der Waals surface area contributed by atoms with Crippen LogP contribution in [-0.4, -0.2) is 33.3 Å². The van der Waals surface area contributed by atoms with Gasteiger partial charge >= 0.3 is 5.97 Å². The van der Waals surface area contributed by atoms with E-state index in [0.29, 0.717) is 34.2 Å². The summed E-state index contributed by atoms with van der Waals surface area (Å²) in [4.78, 5) is 23.1. The van der Waals surface area contributed by atoms with Gasteiger partial charge in [0, 0.05) is 28.1 Å². The number of carbonyl (C=O) groups excluding carboxylic acids is 1. The van der Waals surface area contributed by atoms with Crippen LogP contribution in [0.2, 0.25) is 0 Å². The maximum atomic E-state index is 12.4. The van der Waals surface area contributed by atoms with E-state index in [9.17, 15) is 14.9 Å². The third-order valence-electron chi connectivity index (χ3n) is 6.93. The van der Waals surface area contributed by atoms with Crippen LogP contribution in [-0.2, 0) is 11.3 Å². The molecule has 42 heavy (non-hydrogen) atoms. The molecule has 4 aromatic rings. The molecular weight excluding hydrogens is 571 g/mol. The Labute approximate surface area is 253 Å². The number of aromatic nitrogens is 2. The maximum absolute atomic E-state index is 12.4. The summed E-state index contributed by atoms with van der Waals surface area (Å²) in [5.41, 5.74) is 6.68. The lowest BCUT2D eigenvalue weighted by Crippen LogP contribution is -2.25. The van der Waals surface area contributed by atoms with Crippen molar-refractivity contribution in [3.63, 3.8) is 0 Å². The molecule has 0 bridgehead atoms. The van der Waals surface area contributed by atoms with Gasteiger partial charge in [-0.15, -0.1) is 0 Å². The topological polar surface area (TPSA) is 108 Å². The monoisotopic (exact) mass is 596 g/mol. The molecule has 1 heterocycles. The predicted molar refractivity (Wildman–Crippen MR) is 163 cm³/mol. The van der Waals surface area contributed by atoms with E-state index in [4.69, 9.17) is 33.4 Å². The van der Waals surface area contributed by atoms with Crippen LogP contribution in [0.5, 0.6) is 0 Å². The van der Waals surface area contributed by atoms with Crippen molar-refractivity contribution in [2.75, 3.05) is 6.54 Å². The smallest absolute Gasteiger partial charge is 0.305 e. The van der Waals surface area contributed by atoms with Gasteiger partial charge in [-0.3, -0.25) is 14.3 Å². The second-order valence-electron chi connectivity index (χ2n) is 9.93. The van der Waals surface area contributed by atoms with Gasteiger partial charge in [-0.05, 0) is 65.1 Å². The maximum Gasteiger partial charge on any atom is 0.305 e. The molecule has 1 atom stereocenters. The lowest BCUT2D eigenvalue weighted by molar-refractivity contribution is -0.136. The summed E-state index contributed by atoms with van der Waals surface area (Å²) in [5.74, 6) is -1.36. The number of allylic oxidation sites excluding steroid dienone is 4. The first-order valence-corrected chi connectivity index (χ1v) is 14.1. The Kier molecular flexibility index (Phi) is 8.87. The summed E-state index contributed by atoms with van der Waals surface area (Å²) < 4.78 is 1.93. The minimum atomic E-state index is -0.966. The number of nitriles is 1. The van der Waals surface area contributed by atoms with E-state index in [2.05, 4.69) is 17.5 Å². The standard InChI is InChI=1S/C33H26Cl2N4O3/c34-28-15-27(16-29(35)17-28)30-18-31(24-10-8-23(9-11-24)26-3-1-2-22(14-26)19-36)39(38-30)20-21-4-6-25(7-5-21)33(42)37-13-12-32(40)41/h1-11,14-15,17-18,27H,12-13,16,20H2,(H,37,42)(H,40,41). The Hall–Kier alpha value is -4.64. The fourth-order valence-corrected chi connectivity index (χ4v) is 5.42. The number of nitrogens with one attached hydrogen (secondary N) is 1. The zero-order chi connectivity index (χ0) is 29.6. The van der Waals surface area contributed by atoms with E-state index in [1.165, 1.54) is 0 Å². The fraction of sp³-hybridized carbons (Fsp3) is 0.152. The van der Waals surface area contributed by atoms with Gasteiger partial charge in [0.1, 0.15) is 0 Å². The SMILES string of the molecule is N#Cc1cccc(-c2ccc(-c3cc(C4C=C(Cl)C=C(Cl)C4)nn3Cc3ccc(C(=O)NCCC(=O)O)cc3)cc2)c1. The van der Waals surface area contributed by atoms with Crippen LogP contribution in [0.1, 0.15) is 45.9 Å². The van der Waals surface area contributed by atoms with Gasteiger partial charge in [0.2, 0.25) is 0 Å². The number of halogens is 2. The minimum Gasteiger partial charge on any atom is -0.481 e. The molecule has 0 spiro atoms. The average Bonchev–Trinajstić information content (AvgIpc) is 3.40. The first kappa shape index (κ1) is 28.9. The van der Waals surface area contributed by atoms with Crippen LogP contribution >= 0.6 is 23.2 Å². The molecule has 0 saturated heterocycles. The largest absolute Gasteiger partial charge is 0.481 e. The van der Waals surface area contributed by atoms with E-state index >= 15 is 0 Å². The second-order valence-corrected chi connectivity index (χ2v) is 10.9. The van der Waals surface area contributed by atoms with Crippen molar-refractivity contribution in [3.05, 3.63) is 123 Å². The lowest BCUT2D eigenvalue weighted by Gasteiger charge is -2.14. The number of benzene rings is 3. The number of rotatable bonds is 9. The average molecular weight is 598 g/mol. The highest BCUT2D eigenvalue weighted by molar-refractivity contribution is 6.35. The molecule has 1 unspecified atom stereocenters. The summed E-state index contributed by atoms with van der Waals surface area (Å²) in [7, 11) is 0. The highest BCUT2D eigenvalue weighted by atomic mass is 35.5.